The lowest BCUT2D eigenvalue weighted by atomic mass is 10.0. The van der Waals surface area contributed by atoms with Crippen molar-refractivity contribution in [3.05, 3.63) is 35.9 Å². The van der Waals surface area contributed by atoms with Gasteiger partial charge in [0, 0.05) is 25.7 Å². The Balaban J connectivity index is 1.79. The topological polar surface area (TPSA) is 38.7 Å². The minimum absolute atomic E-state index is 0.274. The van der Waals surface area contributed by atoms with Gasteiger partial charge in [-0.15, -0.1) is 0 Å². The van der Waals surface area contributed by atoms with Gasteiger partial charge in [-0.25, -0.2) is 0 Å². The van der Waals surface area contributed by atoms with Gasteiger partial charge in [0.1, 0.15) is 0 Å². The van der Waals surface area contributed by atoms with Crippen LogP contribution in [-0.2, 0) is 0 Å². The fourth-order valence-electron chi connectivity index (χ4n) is 3.09. The highest BCUT2D eigenvalue weighted by Crippen LogP contribution is 2.17. The molecule has 0 aromatic heterocycles. The van der Waals surface area contributed by atoms with E-state index in [1.54, 1.807) is 0 Å². The number of hydrogen-bond acceptors (Lipinski definition) is 4. The van der Waals surface area contributed by atoms with Gasteiger partial charge in [-0.05, 0) is 45.1 Å². The molecule has 0 aliphatic carbocycles. The Hall–Kier alpha value is -0.940. The quantitative estimate of drug-likeness (QED) is 0.795. The van der Waals surface area contributed by atoms with Gasteiger partial charge in [0.05, 0.1) is 6.61 Å². The van der Waals surface area contributed by atoms with Crippen LogP contribution in [0.4, 0.5) is 0 Å². The van der Waals surface area contributed by atoms with Crippen molar-refractivity contribution in [1.29, 1.82) is 0 Å². The molecule has 1 aromatic rings. The van der Waals surface area contributed by atoms with Crippen LogP contribution in [0.5, 0.6) is 0 Å². The molecule has 21 heavy (non-hydrogen) atoms. The van der Waals surface area contributed by atoms with Crippen LogP contribution in [0.2, 0.25) is 0 Å². The summed E-state index contributed by atoms with van der Waals surface area (Å²) in [5, 5.41) is 12.5. The second kappa shape index (κ2) is 9.15. The minimum Gasteiger partial charge on any atom is -0.395 e. The Labute approximate surface area is 128 Å². The highest BCUT2D eigenvalue weighted by molar-refractivity contribution is 5.18. The molecule has 0 bridgehead atoms. The van der Waals surface area contributed by atoms with Gasteiger partial charge in [0.25, 0.3) is 0 Å². The van der Waals surface area contributed by atoms with Crippen LogP contribution in [0.15, 0.2) is 30.3 Å². The second-order valence-electron chi connectivity index (χ2n) is 5.80. The first-order chi connectivity index (χ1) is 10.3. The molecule has 2 rings (SSSR count). The molecule has 0 radical (unpaired) electrons. The van der Waals surface area contributed by atoms with Gasteiger partial charge in [-0.3, -0.25) is 4.90 Å². The molecule has 1 aliphatic rings. The Bertz CT molecular complexity index is 385. The normalized spacial score (nSPS) is 19.3. The van der Waals surface area contributed by atoms with E-state index < -0.39 is 0 Å². The van der Waals surface area contributed by atoms with Gasteiger partial charge in [0.15, 0.2) is 0 Å². The summed E-state index contributed by atoms with van der Waals surface area (Å²) in [6, 6.07) is 11.1. The summed E-state index contributed by atoms with van der Waals surface area (Å²) < 4.78 is 0. The monoisotopic (exact) mass is 291 g/mol. The van der Waals surface area contributed by atoms with E-state index in [1.807, 2.05) is 7.05 Å². The molecule has 118 valence electrons. The fraction of sp³-hybridized carbons (Fsp3) is 0.647. The number of aliphatic hydroxyl groups excluding tert-OH is 1. The van der Waals surface area contributed by atoms with Crippen molar-refractivity contribution >= 4 is 0 Å². The molecule has 0 amide bonds. The van der Waals surface area contributed by atoms with Gasteiger partial charge in [-0.1, -0.05) is 30.3 Å². The van der Waals surface area contributed by atoms with Crippen molar-refractivity contribution < 1.29 is 5.11 Å². The average molecular weight is 291 g/mol. The molecule has 1 heterocycles. The molecule has 1 atom stereocenters. The van der Waals surface area contributed by atoms with Crippen molar-refractivity contribution in [3.8, 4) is 0 Å². The summed E-state index contributed by atoms with van der Waals surface area (Å²) in [7, 11) is 2.04. The number of rotatable bonds is 7. The fourth-order valence-corrected chi connectivity index (χ4v) is 3.09. The van der Waals surface area contributed by atoms with Crippen LogP contribution >= 0.6 is 0 Å². The van der Waals surface area contributed by atoms with Crippen molar-refractivity contribution in [2.45, 2.75) is 18.9 Å². The Morgan fingerprint density at radius 1 is 1.05 bits per heavy atom. The third-order valence-electron chi connectivity index (χ3n) is 4.38. The van der Waals surface area contributed by atoms with Crippen molar-refractivity contribution in [3.63, 3.8) is 0 Å². The first kappa shape index (κ1) is 16.4. The third kappa shape index (κ3) is 5.40. The van der Waals surface area contributed by atoms with Crippen LogP contribution in [0.1, 0.15) is 24.4 Å². The lowest BCUT2D eigenvalue weighted by molar-refractivity contribution is 0.195. The van der Waals surface area contributed by atoms with Gasteiger partial charge >= 0.3 is 0 Å². The molecule has 1 saturated heterocycles. The lowest BCUT2D eigenvalue weighted by Gasteiger charge is -2.24. The maximum absolute atomic E-state index is 9.05. The molecule has 1 unspecified atom stereocenters. The zero-order chi connectivity index (χ0) is 14.9. The zero-order valence-electron chi connectivity index (χ0n) is 13.2. The largest absolute Gasteiger partial charge is 0.395 e. The zero-order valence-corrected chi connectivity index (χ0v) is 13.2. The van der Waals surface area contributed by atoms with E-state index in [-0.39, 0.29) is 6.61 Å². The van der Waals surface area contributed by atoms with Crippen LogP contribution in [0, 0.1) is 0 Å². The van der Waals surface area contributed by atoms with Crippen molar-refractivity contribution in [2.24, 2.45) is 0 Å². The molecule has 0 spiro atoms. The Kier molecular flexibility index (Phi) is 7.16. The molecular formula is C17H29N3O. The smallest absolute Gasteiger partial charge is 0.0558 e. The van der Waals surface area contributed by atoms with Crippen molar-refractivity contribution in [1.82, 2.24) is 15.1 Å². The van der Waals surface area contributed by atoms with Crippen LogP contribution in [-0.4, -0.2) is 67.8 Å². The maximum Gasteiger partial charge on any atom is 0.0558 e. The van der Waals surface area contributed by atoms with E-state index in [0.717, 1.165) is 39.1 Å². The molecule has 0 saturated carbocycles. The van der Waals surface area contributed by atoms with E-state index in [0.29, 0.717) is 6.04 Å². The number of nitrogens with one attached hydrogen (secondary N) is 1. The Morgan fingerprint density at radius 3 is 2.33 bits per heavy atom. The van der Waals surface area contributed by atoms with Gasteiger partial charge in [0.2, 0.25) is 0 Å². The predicted molar refractivity (Wildman–Crippen MR) is 87.4 cm³/mol. The van der Waals surface area contributed by atoms with Crippen molar-refractivity contribution in [2.75, 3.05) is 52.9 Å². The standard InChI is InChI=1S/C17H29N3O/c1-18-17(16-6-3-2-4-7-16)8-11-19-9-5-10-20(13-12-19)14-15-21/h2-4,6-7,17-18,21H,5,8-15H2,1H3. The maximum atomic E-state index is 9.05. The number of hydrogen-bond donors (Lipinski definition) is 2. The molecule has 2 N–H and O–H groups in total. The molecule has 4 heteroatoms. The number of β-amino-alcohol motifs (C(OH)–C–C–N with tert-alkyl or cyclic N) is 1. The van der Waals surface area contributed by atoms with E-state index in [4.69, 9.17) is 5.11 Å². The SMILES string of the molecule is CNC(CCN1CCCN(CCO)CC1)c1ccccc1. The molecule has 1 aliphatic heterocycles. The van der Waals surface area contributed by atoms with Gasteiger partial charge < -0.3 is 15.3 Å². The summed E-state index contributed by atoms with van der Waals surface area (Å²) in [5.74, 6) is 0. The second-order valence-corrected chi connectivity index (χ2v) is 5.80. The minimum atomic E-state index is 0.274. The van der Waals surface area contributed by atoms with Crippen LogP contribution in [0.3, 0.4) is 0 Å². The summed E-state index contributed by atoms with van der Waals surface area (Å²) in [6.45, 7) is 6.71. The summed E-state index contributed by atoms with van der Waals surface area (Å²) >= 11 is 0. The predicted octanol–water partition coefficient (Wildman–Crippen LogP) is 1.34. The van der Waals surface area contributed by atoms with E-state index >= 15 is 0 Å². The molecule has 1 fully saturated rings. The first-order valence-corrected chi connectivity index (χ1v) is 8.11. The molecular weight excluding hydrogens is 262 g/mol. The number of aliphatic hydroxyl groups is 1. The van der Waals surface area contributed by atoms with E-state index in [9.17, 15) is 0 Å². The number of nitrogens with zero attached hydrogens (tertiary/aromatic N) is 2. The number of benzene rings is 1. The highest BCUT2D eigenvalue weighted by atomic mass is 16.3. The van der Waals surface area contributed by atoms with Crippen LogP contribution < -0.4 is 5.32 Å². The molecule has 4 nitrogen and oxygen atoms in total. The lowest BCUT2D eigenvalue weighted by Crippen LogP contribution is -2.34. The molecule has 1 aromatic carbocycles. The average Bonchev–Trinajstić information content (AvgIpc) is 2.75. The highest BCUT2D eigenvalue weighted by Gasteiger charge is 2.16. The van der Waals surface area contributed by atoms with E-state index in [2.05, 4.69) is 45.4 Å². The Morgan fingerprint density at radius 2 is 1.71 bits per heavy atom. The summed E-state index contributed by atoms with van der Waals surface area (Å²) in [5.41, 5.74) is 1.37. The summed E-state index contributed by atoms with van der Waals surface area (Å²) in [6.07, 6.45) is 2.34. The van der Waals surface area contributed by atoms with Crippen LogP contribution in [0.25, 0.3) is 0 Å². The third-order valence-corrected chi connectivity index (χ3v) is 4.38. The van der Waals surface area contributed by atoms with E-state index in [1.165, 1.54) is 18.5 Å². The first-order valence-electron chi connectivity index (χ1n) is 8.11. The van der Waals surface area contributed by atoms with Gasteiger partial charge in [-0.2, -0.15) is 0 Å². The summed E-state index contributed by atoms with van der Waals surface area (Å²) in [4.78, 5) is 4.93.